The van der Waals surface area contributed by atoms with Crippen molar-refractivity contribution >= 4 is 0 Å². The molecule has 1 N–H and O–H groups in total. The van der Waals surface area contributed by atoms with Crippen LogP contribution in [0.25, 0.3) is 0 Å². The van der Waals surface area contributed by atoms with E-state index < -0.39 is 5.60 Å². The molecule has 3 atom stereocenters. The van der Waals surface area contributed by atoms with Crippen LogP contribution >= 0.6 is 0 Å². The summed E-state index contributed by atoms with van der Waals surface area (Å²) in [5.74, 6) is 1.08. The highest BCUT2D eigenvalue weighted by atomic mass is 16.3. The van der Waals surface area contributed by atoms with Gasteiger partial charge in [0.25, 0.3) is 0 Å². The second kappa shape index (κ2) is 4.21. The molecule has 106 valence electrons. The van der Waals surface area contributed by atoms with Crippen LogP contribution in [-0.4, -0.2) is 36.2 Å². The van der Waals surface area contributed by atoms with Crippen LogP contribution in [0.1, 0.15) is 53.4 Å². The summed E-state index contributed by atoms with van der Waals surface area (Å²) in [6, 6.07) is 0. The summed E-state index contributed by atoms with van der Waals surface area (Å²) in [5.41, 5.74) is -0.0272. The number of hydrogen-bond donors (Lipinski definition) is 1. The van der Waals surface area contributed by atoms with E-state index in [2.05, 4.69) is 46.7 Å². The Balaban J connectivity index is 2.35. The minimum absolute atomic E-state index is 0.128. The Bertz CT molecular complexity index is 323. The highest BCUT2D eigenvalue weighted by Gasteiger charge is 2.70. The van der Waals surface area contributed by atoms with Crippen molar-refractivity contribution in [2.75, 3.05) is 20.6 Å². The first-order chi connectivity index (χ1) is 8.17. The minimum atomic E-state index is -0.449. The molecule has 0 saturated heterocycles. The van der Waals surface area contributed by atoms with Crippen LogP contribution in [-0.2, 0) is 0 Å². The van der Waals surface area contributed by atoms with Gasteiger partial charge in [0.1, 0.15) is 0 Å². The normalized spacial score (nSPS) is 42.2. The molecule has 18 heavy (non-hydrogen) atoms. The Labute approximate surface area is 113 Å². The first kappa shape index (κ1) is 14.3. The van der Waals surface area contributed by atoms with E-state index in [0.29, 0.717) is 17.3 Å². The van der Waals surface area contributed by atoms with E-state index in [9.17, 15) is 5.11 Å². The lowest BCUT2D eigenvalue weighted by molar-refractivity contribution is -0.136. The van der Waals surface area contributed by atoms with Gasteiger partial charge in [0.2, 0.25) is 0 Å². The van der Waals surface area contributed by atoms with Crippen LogP contribution in [0.3, 0.4) is 0 Å². The number of rotatable bonds is 4. The fourth-order valence-corrected chi connectivity index (χ4v) is 5.06. The molecular formula is C16H31NO. The van der Waals surface area contributed by atoms with Crippen LogP contribution in [0, 0.1) is 22.7 Å². The van der Waals surface area contributed by atoms with E-state index >= 15 is 0 Å². The fourth-order valence-electron chi connectivity index (χ4n) is 5.06. The predicted octanol–water partition coefficient (Wildman–Crippen LogP) is 3.15. The molecule has 2 heteroatoms. The highest BCUT2D eigenvalue weighted by molar-refractivity contribution is 5.20. The zero-order chi connectivity index (χ0) is 13.8. The average molecular weight is 253 g/mol. The Kier molecular flexibility index (Phi) is 3.35. The molecule has 2 fully saturated rings. The number of fused-ring (bicyclic) bond motifs is 2. The number of hydrogen-bond acceptors (Lipinski definition) is 2. The van der Waals surface area contributed by atoms with E-state index in [-0.39, 0.29) is 5.41 Å². The molecule has 0 amide bonds. The second-order valence-corrected chi connectivity index (χ2v) is 7.88. The van der Waals surface area contributed by atoms with Gasteiger partial charge in [-0.05, 0) is 63.6 Å². The van der Waals surface area contributed by atoms with Crippen LogP contribution in [0.15, 0.2) is 0 Å². The van der Waals surface area contributed by atoms with Crippen LogP contribution < -0.4 is 0 Å². The summed E-state index contributed by atoms with van der Waals surface area (Å²) in [6.07, 6.45) is 4.69. The molecule has 1 unspecified atom stereocenters. The lowest BCUT2D eigenvalue weighted by atomic mass is 9.58. The first-order valence-corrected chi connectivity index (χ1v) is 7.54. The number of aliphatic hydroxyl groups is 1. The Hall–Kier alpha value is -0.0800. The molecule has 2 saturated carbocycles. The van der Waals surface area contributed by atoms with Gasteiger partial charge in [-0.3, -0.25) is 0 Å². The molecule has 0 aliphatic heterocycles. The second-order valence-electron chi connectivity index (χ2n) is 7.88. The third-order valence-corrected chi connectivity index (χ3v) is 6.50. The van der Waals surface area contributed by atoms with Gasteiger partial charge in [0.15, 0.2) is 0 Å². The van der Waals surface area contributed by atoms with Crippen molar-refractivity contribution in [2.24, 2.45) is 22.7 Å². The molecule has 2 aliphatic carbocycles. The van der Waals surface area contributed by atoms with Crippen molar-refractivity contribution in [3.8, 4) is 0 Å². The predicted molar refractivity (Wildman–Crippen MR) is 76.5 cm³/mol. The fraction of sp³-hybridized carbons (Fsp3) is 1.00. The summed E-state index contributed by atoms with van der Waals surface area (Å²) >= 11 is 0. The molecular weight excluding hydrogens is 222 g/mol. The molecule has 2 nitrogen and oxygen atoms in total. The Morgan fingerprint density at radius 1 is 1.28 bits per heavy atom. The average Bonchev–Trinajstić information content (AvgIpc) is 2.58. The molecule has 2 rings (SSSR count). The van der Waals surface area contributed by atoms with Gasteiger partial charge in [0, 0.05) is 5.41 Å². The van der Waals surface area contributed by atoms with Crippen LogP contribution in [0.5, 0.6) is 0 Å². The maximum Gasteiger partial charge on any atom is 0.0734 e. The first-order valence-electron chi connectivity index (χ1n) is 7.54. The zero-order valence-corrected chi connectivity index (χ0v) is 13.1. The minimum Gasteiger partial charge on any atom is -0.389 e. The van der Waals surface area contributed by atoms with Gasteiger partial charge in [-0.15, -0.1) is 0 Å². The Morgan fingerprint density at radius 2 is 1.89 bits per heavy atom. The summed E-state index contributed by atoms with van der Waals surface area (Å²) in [4.78, 5) is 2.26. The van der Waals surface area contributed by atoms with E-state index in [0.717, 1.165) is 19.4 Å². The standard InChI is InChI=1S/C16H31NO/c1-12(2)16(18)11-13-7-8-15(16,14(13,3)4)9-10-17(5)6/h12-13,18H,7-11H2,1-6H3/t13?,15-,16+/m0/s1. The third kappa shape index (κ3) is 1.61. The van der Waals surface area contributed by atoms with E-state index in [1.165, 1.54) is 12.8 Å². The molecule has 0 aromatic carbocycles. The lowest BCUT2D eigenvalue weighted by Gasteiger charge is -2.51. The van der Waals surface area contributed by atoms with E-state index in [1.54, 1.807) is 0 Å². The Morgan fingerprint density at radius 3 is 2.33 bits per heavy atom. The van der Waals surface area contributed by atoms with Gasteiger partial charge in [-0.25, -0.2) is 0 Å². The van der Waals surface area contributed by atoms with Crippen molar-refractivity contribution in [1.82, 2.24) is 4.90 Å². The zero-order valence-electron chi connectivity index (χ0n) is 13.1. The maximum absolute atomic E-state index is 11.3. The van der Waals surface area contributed by atoms with Gasteiger partial charge in [-0.1, -0.05) is 27.7 Å². The smallest absolute Gasteiger partial charge is 0.0734 e. The van der Waals surface area contributed by atoms with Gasteiger partial charge < -0.3 is 10.0 Å². The molecule has 2 bridgehead atoms. The summed E-state index contributed by atoms with van der Waals surface area (Å²) < 4.78 is 0. The van der Waals surface area contributed by atoms with Crippen molar-refractivity contribution in [3.05, 3.63) is 0 Å². The monoisotopic (exact) mass is 253 g/mol. The molecule has 0 radical (unpaired) electrons. The largest absolute Gasteiger partial charge is 0.389 e. The van der Waals surface area contributed by atoms with Crippen molar-refractivity contribution < 1.29 is 5.11 Å². The SMILES string of the molecule is CC(C)[C@]1(O)CC2CC[C@]1(CCN(C)C)C2(C)C. The van der Waals surface area contributed by atoms with Gasteiger partial charge in [0.05, 0.1) is 5.60 Å². The summed E-state index contributed by atoms with van der Waals surface area (Å²) in [7, 11) is 4.28. The number of nitrogens with zero attached hydrogens (tertiary/aromatic N) is 1. The van der Waals surface area contributed by atoms with Crippen LogP contribution in [0.4, 0.5) is 0 Å². The van der Waals surface area contributed by atoms with Crippen molar-refractivity contribution in [2.45, 2.75) is 59.0 Å². The molecule has 0 spiro atoms. The van der Waals surface area contributed by atoms with Gasteiger partial charge >= 0.3 is 0 Å². The van der Waals surface area contributed by atoms with Crippen molar-refractivity contribution in [3.63, 3.8) is 0 Å². The van der Waals surface area contributed by atoms with Crippen molar-refractivity contribution in [1.29, 1.82) is 0 Å². The molecule has 2 aliphatic rings. The highest BCUT2D eigenvalue weighted by Crippen LogP contribution is 2.72. The summed E-state index contributed by atoms with van der Waals surface area (Å²) in [5, 5.41) is 11.3. The molecule has 0 aromatic heterocycles. The third-order valence-electron chi connectivity index (χ3n) is 6.50. The van der Waals surface area contributed by atoms with Gasteiger partial charge in [-0.2, -0.15) is 0 Å². The molecule has 0 aromatic rings. The van der Waals surface area contributed by atoms with E-state index in [1.807, 2.05) is 0 Å². The molecule has 0 heterocycles. The lowest BCUT2D eigenvalue weighted by Crippen LogP contribution is -2.53. The van der Waals surface area contributed by atoms with E-state index in [4.69, 9.17) is 0 Å². The quantitative estimate of drug-likeness (QED) is 0.832. The summed E-state index contributed by atoms with van der Waals surface area (Å²) in [6.45, 7) is 10.3. The van der Waals surface area contributed by atoms with Crippen LogP contribution in [0.2, 0.25) is 0 Å². The topological polar surface area (TPSA) is 23.5 Å². The maximum atomic E-state index is 11.3.